The van der Waals surface area contributed by atoms with Crippen molar-refractivity contribution in [3.05, 3.63) is 168 Å². The van der Waals surface area contributed by atoms with E-state index in [0.717, 1.165) is 66.6 Å². The number of nitriles is 1. The van der Waals surface area contributed by atoms with E-state index in [1.807, 2.05) is 24.3 Å². The molecule has 0 fully saturated rings. The Kier molecular flexibility index (Phi) is 6.97. The molecule has 0 spiro atoms. The molecule has 0 unspecified atom stereocenters. The molecule has 0 bridgehead atoms. The molecule has 9 aromatic rings. The fraction of sp³-hybridized carbons (Fsp3) is 0.0426. The molecule has 0 atom stereocenters. The van der Waals surface area contributed by atoms with E-state index in [1.165, 1.54) is 32.7 Å². The molecule has 0 aliphatic rings. The highest BCUT2D eigenvalue weighted by molar-refractivity contribution is 6.25. The second kappa shape index (κ2) is 11.8. The highest BCUT2D eigenvalue weighted by atomic mass is 14.7. The lowest BCUT2D eigenvalue weighted by Crippen LogP contribution is -1.99. The number of aryl methyl sites for hydroxylation is 2. The molecule has 0 N–H and O–H groups in total. The number of benzene rings is 7. The molecule has 9 rings (SSSR count). The molecule has 3 heteroatoms. The normalized spacial score (nSPS) is 11.4. The third-order valence-corrected chi connectivity index (χ3v) is 10.0. The van der Waals surface area contributed by atoms with Crippen LogP contribution in [0.1, 0.15) is 16.7 Å². The summed E-state index contributed by atoms with van der Waals surface area (Å²) in [6.45, 7) is 4.52. The van der Waals surface area contributed by atoms with Gasteiger partial charge in [-0.3, -0.25) is 0 Å². The topological polar surface area (TPSA) is 49.6 Å². The quantitative estimate of drug-likeness (QED) is 0.142. The summed E-state index contributed by atoms with van der Waals surface area (Å²) in [6, 6.07) is 54.9. The summed E-state index contributed by atoms with van der Waals surface area (Å²) in [5, 5.41) is 16.3. The van der Waals surface area contributed by atoms with E-state index in [0.29, 0.717) is 5.56 Å². The molecule has 0 amide bonds. The van der Waals surface area contributed by atoms with Gasteiger partial charge in [-0.25, -0.2) is 9.97 Å². The van der Waals surface area contributed by atoms with Crippen molar-refractivity contribution in [3.8, 4) is 50.8 Å². The van der Waals surface area contributed by atoms with E-state index < -0.39 is 0 Å². The third kappa shape index (κ3) is 4.73. The van der Waals surface area contributed by atoms with Gasteiger partial charge in [0, 0.05) is 32.7 Å². The van der Waals surface area contributed by atoms with Gasteiger partial charge in [0.2, 0.25) is 0 Å². The molecule has 2 aromatic heterocycles. The van der Waals surface area contributed by atoms with Gasteiger partial charge in [-0.1, -0.05) is 127 Å². The van der Waals surface area contributed by atoms with Gasteiger partial charge in [0.25, 0.3) is 0 Å². The second-order valence-corrected chi connectivity index (χ2v) is 12.9. The number of nitrogens with zero attached hydrogens (tertiary/aromatic N) is 3. The number of pyridine rings is 2. The van der Waals surface area contributed by atoms with Gasteiger partial charge in [0.1, 0.15) is 0 Å². The largest absolute Gasteiger partial charge is 0.247 e. The van der Waals surface area contributed by atoms with E-state index in [-0.39, 0.29) is 0 Å². The van der Waals surface area contributed by atoms with Crippen LogP contribution in [0.4, 0.5) is 0 Å². The Morgan fingerprint density at radius 3 is 1.40 bits per heavy atom. The predicted molar refractivity (Wildman–Crippen MR) is 208 cm³/mol. The molecule has 0 aliphatic carbocycles. The van der Waals surface area contributed by atoms with Crippen LogP contribution in [0, 0.1) is 25.2 Å². The Hall–Kier alpha value is -6.63. The van der Waals surface area contributed by atoms with Crippen LogP contribution in [0.3, 0.4) is 0 Å². The molecule has 50 heavy (non-hydrogen) atoms. The van der Waals surface area contributed by atoms with Crippen LogP contribution < -0.4 is 0 Å². The first-order valence-electron chi connectivity index (χ1n) is 16.9. The highest BCUT2D eigenvalue weighted by Crippen LogP contribution is 2.45. The number of rotatable bonds is 4. The second-order valence-electron chi connectivity index (χ2n) is 12.9. The summed E-state index contributed by atoms with van der Waals surface area (Å²) in [5.74, 6) is 0. The number of para-hydroxylation sites is 1. The van der Waals surface area contributed by atoms with Crippen molar-refractivity contribution >= 4 is 43.4 Å². The van der Waals surface area contributed by atoms with Crippen molar-refractivity contribution in [2.24, 2.45) is 0 Å². The first kappa shape index (κ1) is 29.5. The Morgan fingerprint density at radius 2 is 0.840 bits per heavy atom. The van der Waals surface area contributed by atoms with Crippen LogP contribution in [0.5, 0.6) is 0 Å². The molecule has 0 saturated heterocycles. The average Bonchev–Trinajstić information content (AvgIpc) is 3.19. The number of fused-ring (bicyclic) bond motifs is 6. The maximum atomic E-state index is 9.19. The van der Waals surface area contributed by atoms with Crippen LogP contribution in [-0.4, -0.2) is 9.97 Å². The Labute approximate surface area is 290 Å². The standard InChI is InChI=1S/C47H31N3/c1-29-42-38-15-9-10-16-40(38)49-46(35-11-5-3-6-12-35)44(42)30(2)43-39-26-25-37(27-41(39)50-47(45(29)43)36-13-7-4-8-14-36)34-23-21-33(22-24-34)32-19-17-31(28-48)18-20-32/h3-27H,1-2H3. The number of hydrogen-bond acceptors (Lipinski definition) is 3. The summed E-state index contributed by atoms with van der Waals surface area (Å²) < 4.78 is 0. The third-order valence-electron chi connectivity index (χ3n) is 10.0. The summed E-state index contributed by atoms with van der Waals surface area (Å²) in [4.78, 5) is 10.8. The van der Waals surface area contributed by atoms with Crippen LogP contribution in [0.2, 0.25) is 0 Å². The molecular formula is C47H31N3. The summed E-state index contributed by atoms with van der Waals surface area (Å²) in [6.07, 6.45) is 0. The van der Waals surface area contributed by atoms with Gasteiger partial charge in [0.15, 0.2) is 0 Å². The van der Waals surface area contributed by atoms with E-state index in [9.17, 15) is 5.26 Å². The number of hydrogen-bond donors (Lipinski definition) is 0. The molecule has 0 radical (unpaired) electrons. The van der Waals surface area contributed by atoms with E-state index in [4.69, 9.17) is 9.97 Å². The van der Waals surface area contributed by atoms with Crippen molar-refractivity contribution in [1.82, 2.24) is 9.97 Å². The van der Waals surface area contributed by atoms with Crippen LogP contribution in [-0.2, 0) is 0 Å². The van der Waals surface area contributed by atoms with Gasteiger partial charge >= 0.3 is 0 Å². The molecule has 0 aliphatic heterocycles. The first-order valence-corrected chi connectivity index (χ1v) is 16.9. The van der Waals surface area contributed by atoms with Gasteiger partial charge in [-0.15, -0.1) is 0 Å². The lowest BCUT2D eigenvalue weighted by Gasteiger charge is -2.21. The maximum Gasteiger partial charge on any atom is 0.0991 e. The van der Waals surface area contributed by atoms with Crippen molar-refractivity contribution in [1.29, 1.82) is 5.26 Å². The van der Waals surface area contributed by atoms with Gasteiger partial charge < -0.3 is 0 Å². The van der Waals surface area contributed by atoms with Gasteiger partial charge in [-0.2, -0.15) is 5.26 Å². The van der Waals surface area contributed by atoms with Crippen LogP contribution >= 0.6 is 0 Å². The maximum absolute atomic E-state index is 9.19. The zero-order chi connectivity index (χ0) is 33.8. The molecule has 3 nitrogen and oxygen atoms in total. The predicted octanol–water partition coefficient (Wildman–Crippen LogP) is 12.2. The zero-order valence-corrected chi connectivity index (χ0v) is 27.8. The minimum atomic E-state index is 0.663. The SMILES string of the molecule is Cc1c2c(-c3ccccc3)nc3cc(-c4ccc(-c5ccc(C#N)cc5)cc4)ccc3c2c(C)c2c(-c3ccccc3)nc3ccccc3c12. The zero-order valence-electron chi connectivity index (χ0n) is 27.8. The van der Waals surface area contributed by atoms with Crippen molar-refractivity contribution < 1.29 is 0 Å². The fourth-order valence-corrected chi connectivity index (χ4v) is 7.62. The molecular weight excluding hydrogens is 607 g/mol. The van der Waals surface area contributed by atoms with Crippen molar-refractivity contribution in [3.63, 3.8) is 0 Å². The molecule has 2 heterocycles. The number of aromatic nitrogens is 2. The van der Waals surface area contributed by atoms with Crippen molar-refractivity contribution in [2.45, 2.75) is 13.8 Å². The molecule has 0 saturated carbocycles. The van der Waals surface area contributed by atoms with Crippen LogP contribution in [0.25, 0.3) is 88.1 Å². The van der Waals surface area contributed by atoms with E-state index in [2.05, 4.69) is 147 Å². The Bertz CT molecular complexity index is 2800. The smallest absolute Gasteiger partial charge is 0.0991 e. The fourth-order valence-electron chi connectivity index (χ4n) is 7.62. The van der Waals surface area contributed by atoms with Crippen LogP contribution in [0.15, 0.2) is 152 Å². The molecule has 7 aromatic carbocycles. The van der Waals surface area contributed by atoms with E-state index in [1.54, 1.807) is 0 Å². The summed E-state index contributed by atoms with van der Waals surface area (Å²) in [5.41, 5.74) is 13.7. The lowest BCUT2D eigenvalue weighted by molar-refractivity contribution is 1.39. The Morgan fingerprint density at radius 1 is 0.400 bits per heavy atom. The lowest BCUT2D eigenvalue weighted by atomic mass is 9.85. The van der Waals surface area contributed by atoms with Gasteiger partial charge in [-0.05, 0) is 82.3 Å². The Balaban J connectivity index is 1.33. The minimum absolute atomic E-state index is 0.663. The minimum Gasteiger partial charge on any atom is -0.247 e. The summed E-state index contributed by atoms with van der Waals surface area (Å²) >= 11 is 0. The van der Waals surface area contributed by atoms with Gasteiger partial charge in [0.05, 0.1) is 34.1 Å². The first-order chi connectivity index (χ1) is 24.6. The molecule has 234 valence electrons. The summed E-state index contributed by atoms with van der Waals surface area (Å²) in [7, 11) is 0. The monoisotopic (exact) mass is 637 g/mol. The van der Waals surface area contributed by atoms with E-state index >= 15 is 0 Å². The highest BCUT2D eigenvalue weighted by Gasteiger charge is 2.22. The van der Waals surface area contributed by atoms with Crippen molar-refractivity contribution in [2.75, 3.05) is 0 Å². The average molecular weight is 638 g/mol.